The number of esters is 1. The third-order valence-corrected chi connectivity index (χ3v) is 4.21. The first kappa shape index (κ1) is 16.7. The lowest BCUT2D eigenvalue weighted by Gasteiger charge is -2.30. The standard InChI is InChI=1S/C15H19ClN2O4/c1-2-22-15(19)11-5-7-17(8-6-11)10-12-9-13(18(20)21)3-4-14(12)16/h3-4,9,11H,2,5-8,10H2,1H3. The van der Waals surface area contributed by atoms with Gasteiger partial charge in [0.25, 0.3) is 5.69 Å². The highest BCUT2D eigenvalue weighted by atomic mass is 35.5. The Kier molecular flexibility index (Phi) is 5.74. The molecule has 6 nitrogen and oxygen atoms in total. The second kappa shape index (κ2) is 7.56. The minimum Gasteiger partial charge on any atom is -0.466 e. The Labute approximate surface area is 134 Å². The van der Waals surface area contributed by atoms with Crippen molar-refractivity contribution in [3.63, 3.8) is 0 Å². The summed E-state index contributed by atoms with van der Waals surface area (Å²) in [4.78, 5) is 24.3. The van der Waals surface area contributed by atoms with Crippen LogP contribution >= 0.6 is 11.6 Å². The summed E-state index contributed by atoms with van der Waals surface area (Å²) in [5, 5.41) is 11.4. The van der Waals surface area contributed by atoms with E-state index in [4.69, 9.17) is 16.3 Å². The fraction of sp³-hybridized carbons (Fsp3) is 0.533. The van der Waals surface area contributed by atoms with Gasteiger partial charge in [-0.3, -0.25) is 19.8 Å². The molecule has 0 N–H and O–H groups in total. The lowest BCUT2D eigenvalue weighted by molar-refractivity contribution is -0.384. The molecule has 1 aliphatic heterocycles. The van der Waals surface area contributed by atoms with E-state index in [0.717, 1.165) is 31.5 Å². The van der Waals surface area contributed by atoms with Gasteiger partial charge >= 0.3 is 5.97 Å². The molecule has 1 aromatic carbocycles. The van der Waals surface area contributed by atoms with E-state index in [1.54, 1.807) is 13.0 Å². The molecule has 0 unspecified atom stereocenters. The summed E-state index contributed by atoms with van der Waals surface area (Å²) >= 11 is 6.12. The zero-order valence-corrected chi connectivity index (χ0v) is 13.2. The van der Waals surface area contributed by atoms with Crippen molar-refractivity contribution in [2.45, 2.75) is 26.3 Å². The van der Waals surface area contributed by atoms with Gasteiger partial charge in [-0.05, 0) is 44.5 Å². The van der Waals surface area contributed by atoms with E-state index < -0.39 is 4.92 Å². The number of halogens is 1. The SMILES string of the molecule is CCOC(=O)C1CCN(Cc2cc([N+](=O)[O-])ccc2Cl)CC1. The lowest BCUT2D eigenvalue weighted by atomic mass is 9.96. The van der Waals surface area contributed by atoms with Crippen LogP contribution in [0.2, 0.25) is 5.02 Å². The predicted molar refractivity (Wildman–Crippen MR) is 82.7 cm³/mol. The van der Waals surface area contributed by atoms with Gasteiger partial charge in [-0.2, -0.15) is 0 Å². The number of nitro benzene ring substituents is 1. The van der Waals surface area contributed by atoms with Crippen molar-refractivity contribution in [2.24, 2.45) is 5.92 Å². The van der Waals surface area contributed by atoms with Crippen LogP contribution in [0.3, 0.4) is 0 Å². The van der Waals surface area contributed by atoms with Crippen molar-refractivity contribution >= 4 is 23.3 Å². The fourth-order valence-corrected chi connectivity index (χ4v) is 2.80. The minimum absolute atomic E-state index is 0.0424. The van der Waals surface area contributed by atoms with Crippen LogP contribution in [0, 0.1) is 16.0 Å². The number of likely N-dealkylation sites (tertiary alicyclic amines) is 1. The number of benzene rings is 1. The van der Waals surface area contributed by atoms with Crippen molar-refractivity contribution in [3.05, 3.63) is 38.9 Å². The quantitative estimate of drug-likeness (QED) is 0.472. The van der Waals surface area contributed by atoms with Crippen LogP contribution in [0.25, 0.3) is 0 Å². The number of ether oxygens (including phenoxy) is 1. The monoisotopic (exact) mass is 326 g/mol. The molecule has 0 radical (unpaired) electrons. The summed E-state index contributed by atoms with van der Waals surface area (Å²) in [5.74, 6) is -0.174. The van der Waals surface area contributed by atoms with Gasteiger partial charge in [0.15, 0.2) is 0 Å². The topological polar surface area (TPSA) is 72.7 Å². The Morgan fingerprint density at radius 1 is 1.45 bits per heavy atom. The van der Waals surface area contributed by atoms with Gasteiger partial charge in [0.1, 0.15) is 0 Å². The van der Waals surface area contributed by atoms with Crippen LogP contribution in [0.5, 0.6) is 0 Å². The van der Waals surface area contributed by atoms with E-state index in [1.807, 2.05) is 0 Å². The predicted octanol–water partition coefficient (Wildman–Crippen LogP) is 3.02. The molecular formula is C15H19ClN2O4. The van der Waals surface area contributed by atoms with Gasteiger partial charge in [-0.15, -0.1) is 0 Å². The first-order chi connectivity index (χ1) is 10.5. The first-order valence-electron chi connectivity index (χ1n) is 7.33. The molecule has 1 saturated heterocycles. The average Bonchev–Trinajstić information content (AvgIpc) is 2.50. The third kappa shape index (κ3) is 4.18. The maximum Gasteiger partial charge on any atom is 0.309 e. The number of hydrogen-bond donors (Lipinski definition) is 0. The molecule has 0 saturated carbocycles. The maximum absolute atomic E-state index is 11.7. The van der Waals surface area contributed by atoms with Gasteiger partial charge in [0, 0.05) is 23.7 Å². The zero-order valence-electron chi connectivity index (χ0n) is 12.5. The van der Waals surface area contributed by atoms with Gasteiger partial charge in [-0.25, -0.2) is 0 Å². The van der Waals surface area contributed by atoms with Gasteiger partial charge in [-0.1, -0.05) is 11.6 Å². The zero-order chi connectivity index (χ0) is 16.1. The molecule has 1 heterocycles. The normalized spacial score (nSPS) is 16.5. The smallest absolute Gasteiger partial charge is 0.309 e. The minimum atomic E-state index is -0.424. The molecule has 0 atom stereocenters. The van der Waals surface area contributed by atoms with Crippen LogP contribution in [-0.4, -0.2) is 35.5 Å². The van der Waals surface area contributed by atoms with Crippen LogP contribution in [0.4, 0.5) is 5.69 Å². The van der Waals surface area contributed by atoms with E-state index in [1.165, 1.54) is 12.1 Å². The molecule has 1 aromatic rings. The van der Waals surface area contributed by atoms with E-state index in [2.05, 4.69) is 4.90 Å². The molecule has 0 aliphatic carbocycles. The largest absolute Gasteiger partial charge is 0.466 e. The van der Waals surface area contributed by atoms with Crippen LogP contribution < -0.4 is 0 Å². The molecule has 0 spiro atoms. The molecule has 0 bridgehead atoms. The van der Waals surface area contributed by atoms with Crippen molar-refractivity contribution in [3.8, 4) is 0 Å². The Morgan fingerprint density at radius 3 is 2.73 bits per heavy atom. The van der Waals surface area contributed by atoms with Crippen LogP contribution in [0.1, 0.15) is 25.3 Å². The average molecular weight is 327 g/mol. The van der Waals surface area contributed by atoms with Crippen LogP contribution in [0.15, 0.2) is 18.2 Å². The summed E-state index contributed by atoms with van der Waals surface area (Å²) < 4.78 is 5.04. The van der Waals surface area contributed by atoms with Gasteiger partial charge < -0.3 is 4.74 Å². The van der Waals surface area contributed by atoms with E-state index >= 15 is 0 Å². The maximum atomic E-state index is 11.7. The molecule has 120 valence electrons. The molecular weight excluding hydrogens is 308 g/mol. The first-order valence-corrected chi connectivity index (χ1v) is 7.71. The summed E-state index contributed by atoms with van der Waals surface area (Å²) in [5.41, 5.74) is 0.784. The molecule has 0 aromatic heterocycles. The van der Waals surface area contributed by atoms with E-state index in [0.29, 0.717) is 18.2 Å². The second-order valence-corrected chi connectivity index (χ2v) is 5.74. The number of nitrogens with zero attached hydrogens (tertiary/aromatic N) is 2. The Balaban J connectivity index is 1.95. The van der Waals surface area contributed by atoms with E-state index in [9.17, 15) is 14.9 Å². The summed E-state index contributed by atoms with van der Waals surface area (Å²) in [6.07, 6.45) is 1.48. The van der Waals surface area contributed by atoms with Gasteiger partial charge in [0.2, 0.25) is 0 Å². The van der Waals surface area contributed by atoms with Crippen molar-refractivity contribution < 1.29 is 14.5 Å². The number of hydrogen-bond acceptors (Lipinski definition) is 5. The molecule has 1 fully saturated rings. The number of carbonyl (C=O) groups is 1. The number of non-ortho nitro benzene ring substituents is 1. The Bertz CT molecular complexity index is 556. The molecule has 22 heavy (non-hydrogen) atoms. The third-order valence-electron chi connectivity index (χ3n) is 3.84. The number of rotatable bonds is 5. The number of nitro groups is 1. The Morgan fingerprint density at radius 2 is 2.14 bits per heavy atom. The molecule has 2 rings (SSSR count). The highest BCUT2D eigenvalue weighted by molar-refractivity contribution is 6.31. The highest BCUT2D eigenvalue weighted by Crippen LogP contribution is 2.26. The van der Waals surface area contributed by atoms with Crippen LogP contribution in [-0.2, 0) is 16.1 Å². The fourth-order valence-electron chi connectivity index (χ4n) is 2.62. The molecule has 7 heteroatoms. The summed E-state index contributed by atoms with van der Waals surface area (Å²) in [6.45, 7) is 4.26. The van der Waals surface area contributed by atoms with E-state index in [-0.39, 0.29) is 17.6 Å². The summed E-state index contributed by atoms with van der Waals surface area (Å²) in [7, 11) is 0. The highest BCUT2D eigenvalue weighted by Gasteiger charge is 2.26. The summed E-state index contributed by atoms with van der Waals surface area (Å²) in [6, 6.07) is 4.47. The molecule has 1 aliphatic rings. The van der Waals surface area contributed by atoms with Crippen molar-refractivity contribution in [2.75, 3.05) is 19.7 Å². The van der Waals surface area contributed by atoms with Gasteiger partial charge in [0.05, 0.1) is 17.4 Å². The number of carbonyl (C=O) groups excluding carboxylic acids is 1. The van der Waals surface area contributed by atoms with Crippen molar-refractivity contribution in [1.82, 2.24) is 4.90 Å². The Hall–Kier alpha value is -1.66. The molecule has 0 amide bonds. The number of piperidine rings is 1. The lowest BCUT2D eigenvalue weighted by Crippen LogP contribution is -2.36. The van der Waals surface area contributed by atoms with Crippen molar-refractivity contribution in [1.29, 1.82) is 0 Å². The second-order valence-electron chi connectivity index (χ2n) is 5.34.